The van der Waals surface area contributed by atoms with Crippen molar-refractivity contribution < 1.29 is 4.79 Å². The lowest BCUT2D eigenvalue weighted by atomic mass is 10.2. The first kappa shape index (κ1) is 11.5. The molecule has 0 spiro atoms. The van der Waals surface area contributed by atoms with Gasteiger partial charge in [0.15, 0.2) is 5.13 Å². The minimum absolute atomic E-state index is 0.00460. The predicted octanol–water partition coefficient (Wildman–Crippen LogP) is 2.36. The molecule has 1 aliphatic rings. The van der Waals surface area contributed by atoms with Crippen LogP contribution in [-0.4, -0.2) is 20.8 Å². The molecular weight excluding hydrogens is 272 g/mol. The van der Waals surface area contributed by atoms with Gasteiger partial charge in [-0.15, -0.1) is 11.3 Å². The van der Waals surface area contributed by atoms with Gasteiger partial charge in [0.2, 0.25) is 0 Å². The first-order valence-electron chi connectivity index (χ1n) is 6.32. The smallest absolute Gasteiger partial charge is 0.270 e. The number of nitrogens with one attached hydrogen (secondary N) is 1. The van der Waals surface area contributed by atoms with Crippen molar-refractivity contribution in [3.05, 3.63) is 46.6 Å². The lowest BCUT2D eigenvalue weighted by Crippen LogP contribution is -2.25. The molecule has 0 bridgehead atoms. The molecule has 5 nitrogen and oxygen atoms in total. The van der Waals surface area contributed by atoms with Crippen LogP contribution in [0.15, 0.2) is 30.3 Å². The number of H-pyrrole nitrogens is 1. The summed E-state index contributed by atoms with van der Waals surface area (Å²) in [7, 11) is 0. The number of carbonyl (C=O) groups excluding carboxylic acids is 1. The van der Waals surface area contributed by atoms with E-state index in [2.05, 4.69) is 9.97 Å². The van der Waals surface area contributed by atoms with E-state index in [1.165, 1.54) is 11.3 Å². The lowest BCUT2D eigenvalue weighted by Gasteiger charge is -2.13. The molecule has 3 aromatic rings. The van der Waals surface area contributed by atoms with Gasteiger partial charge >= 0.3 is 0 Å². The Bertz CT molecular complexity index is 763. The van der Waals surface area contributed by atoms with Gasteiger partial charge in [-0.25, -0.2) is 4.98 Å². The third kappa shape index (κ3) is 1.69. The Balaban J connectivity index is 1.63. The predicted molar refractivity (Wildman–Crippen MR) is 78.4 cm³/mol. The van der Waals surface area contributed by atoms with Gasteiger partial charge in [0.25, 0.3) is 5.91 Å². The van der Waals surface area contributed by atoms with Crippen molar-refractivity contribution in [3.8, 4) is 0 Å². The Labute approximate surface area is 119 Å². The van der Waals surface area contributed by atoms with Crippen molar-refractivity contribution in [1.82, 2.24) is 14.9 Å². The van der Waals surface area contributed by atoms with Gasteiger partial charge in [-0.2, -0.15) is 0 Å². The Morgan fingerprint density at radius 2 is 2.20 bits per heavy atom. The lowest BCUT2D eigenvalue weighted by molar-refractivity contribution is 0.0746. The van der Waals surface area contributed by atoms with Gasteiger partial charge < -0.3 is 15.6 Å². The molecule has 3 N–H and O–H groups in total. The van der Waals surface area contributed by atoms with Crippen LogP contribution in [0.3, 0.4) is 0 Å². The molecule has 1 aliphatic heterocycles. The fourth-order valence-corrected chi connectivity index (χ4v) is 3.42. The van der Waals surface area contributed by atoms with Crippen LogP contribution < -0.4 is 5.73 Å². The number of aromatic amines is 1. The van der Waals surface area contributed by atoms with Crippen molar-refractivity contribution in [2.75, 3.05) is 5.73 Å². The number of para-hydroxylation sites is 1. The maximum atomic E-state index is 12.5. The number of hydrogen-bond acceptors (Lipinski definition) is 4. The van der Waals surface area contributed by atoms with E-state index in [9.17, 15) is 4.79 Å². The third-order valence-corrected chi connectivity index (χ3v) is 4.43. The van der Waals surface area contributed by atoms with E-state index >= 15 is 0 Å². The highest BCUT2D eigenvalue weighted by molar-refractivity contribution is 7.15. The third-order valence-electron chi connectivity index (χ3n) is 3.52. The van der Waals surface area contributed by atoms with E-state index in [-0.39, 0.29) is 5.91 Å². The molecule has 100 valence electrons. The number of thiazole rings is 1. The molecule has 0 atom stereocenters. The molecule has 0 saturated heterocycles. The number of rotatable bonds is 1. The standard InChI is InChI=1S/C14H12N4OS/c15-14-17-11-6-18(7-12(11)20-14)13(19)10-5-8-3-1-2-4-9(8)16-10/h1-5,16H,6-7H2,(H2,15,17). The van der Waals surface area contributed by atoms with Crippen molar-refractivity contribution in [1.29, 1.82) is 0 Å². The number of nitrogens with zero attached hydrogens (tertiary/aromatic N) is 2. The van der Waals surface area contributed by atoms with E-state index in [1.54, 1.807) is 4.90 Å². The quantitative estimate of drug-likeness (QED) is 0.720. The molecule has 4 rings (SSSR count). The highest BCUT2D eigenvalue weighted by atomic mass is 32.1. The van der Waals surface area contributed by atoms with E-state index < -0.39 is 0 Å². The van der Waals surface area contributed by atoms with Crippen molar-refractivity contribution in [3.63, 3.8) is 0 Å². The van der Waals surface area contributed by atoms with Gasteiger partial charge in [-0.05, 0) is 12.1 Å². The van der Waals surface area contributed by atoms with Crippen LogP contribution in [0.5, 0.6) is 0 Å². The van der Waals surface area contributed by atoms with Gasteiger partial charge in [-0.1, -0.05) is 18.2 Å². The van der Waals surface area contributed by atoms with Crippen LogP contribution in [0, 0.1) is 0 Å². The molecule has 0 radical (unpaired) electrons. The first-order valence-corrected chi connectivity index (χ1v) is 7.13. The highest BCUT2D eigenvalue weighted by Crippen LogP contribution is 2.30. The average Bonchev–Trinajstić information content (AvgIpc) is 3.08. The molecule has 20 heavy (non-hydrogen) atoms. The molecule has 1 amide bonds. The number of benzene rings is 1. The molecule has 0 fully saturated rings. The highest BCUT2D eigenvalue weighted by Gasteiger charge is 2.28. The summed E-state index contributed by atoms with van der Waals surface area (Å²) in [5, 5.41) is 1.62. The van der Waals surface area contributed by atoms with Crippen LogP contribution in [0.1, 0.15) is 21.1 Å². The fraction of sp³-hybridized carbons (Fsp3) is 0.143. The van der Waals surface area contributed by atoms with Gasteiger partial charge in [0.1, 0.15) is 5.69 Å². The molecule has 1 aromatic carbocycles. The molecule has 0 aliphatic carbocycles. The monoisotopic (exact) mass is 284 g/mol. The molecule has 6 heteroatoms. The zero-order valence-electron chi connectivity index (χ0n) is 10.6. The second kappa shape index (κ2) is 4.08. The van der Waals surface area contributed by atoms with Crippen LogP contribution in [0.2, 0.25) is 0 Å². The van der Waals surface area contributed by atoms with Crippen LogP contribution in [0.4, 0.5) is 5.13 Å². The normalized spacial score (nSPS) is 13.9. The van der Waals surface area contributed by atoms with E-state index in [1.807, 2.05) is 30.3 Å². The summed E-state index contributed by atoms with van der Waals surface area (Å²) < 4.78 is 0. The van der Waals surface area contributed by atoms with Crippen molar-refractivity contribution in [2.24, 2.45) is 0 Å². The van der Waals surface area contributed by atoms with Crippen molar-refractivity contribution in [2.45, 2.75) is 13.1 Å². The maximum absolute atomic E-state index is 12.5. The van der Waals surface area contributed by atoms with E-state index in [4.69, 9.17) is 5.73 Å². The zero-order chi connectivity index (χ0) is 13.7. The van der Waals surface area contributed by atoms with Crippen LogP contribution in [-0.2, 0) is 13.1 Å². The van der Waals surface area contributed by atoms with E-state index in [0.717, 1.165) is 21.5 Å². The van der Waals surface area contributed by atoms with Crippen molar-refractivity contribution >= 4 is 33.3 Å². The first-order chi connectivity index (χ1) is 9.70. The summed E-state index contributed by atoms with van der Waals surface area (Å²) in [4.78, 5) is 22.8. The second-order valence-electron chi connectivity index (χ2n) is 4.85. The Morgan fingerprint density at radius 1 is 1.35 bits per heavy atom. The SMILES string of the molecule is Nc1nc2c(s1)CN(C(=O)c1cc3ccccc3[nH]1)C2. The Morgan fingerprint density at radius 3 is 3.00 bits per heavy atom. The fourth-order valence-electron chi connectivity index (χ4n) is 2.56. The number of anilines is 1. The summed E-state index contributed by atoms with van der Waals surface area (Å²) in [5.74, 6) is 0.00460. The number of amides is 1. The molecule has 2 aromatic heterocycles. The number of nitrogens with two attached hydrogens (primary N) is 1. The number of hydrogen-bond donors (Lipinski definition) is 2. The number of carbonyl (C=O) groups is 1. The summed E-state index contributed by atoms with van der Waals surface area (Å²) >= 11 is 1.46. The molecular formula is C14H12N4OS. The number of aromatic nitrogens is 2. The summed E-state index contributed by atoms with van der Waals surface area (Å²) in [6.07, 6.45) is 0. The second-order valence-corrected chi connectivity index (χ2v) is 5.97. The molecule has 0 unspecified atom stereocenters. The van der Waals surface area contributed by atoms with Crippen LogP contribution in [0.25, 0.3) is 10.9 Å². The number of fused-ring (bicyclic) bond motifs is 2. The van der Waals surface area contributed by atoms with Gasteiger partial charge in [-0.3, -0.25) is 4.79 Å². The Kier molecular flexibility index (Phi) is 2.34. The van der Waals surface area contributed by atoms with Gasteiger partial charge in [0.05, 0.1) is 23.7 Å². The summed E-state index contributed by atoms with van der Waals surface area (Å²) in [5.41, 5.74) is 8.20. The largest absolute Gasteiger partial charge is 0.375 e. The average molecular weight is 284 g/mol. The Hall–Kier alpha value is -2.34. The summed E-state index contributed by atoms with van der Waals surface area (Å²) in [6, 6.07) is 9.77. The van der Waals surface area contributed by atoms with E-state index in [0.29, 0.717) is 23.9 Å². The number of nitrogen functional groups attached to an aromatic ring is 1. The maximum Gasteiger partial charge on any atom is 0.270 e. The molecule has 0 saturated carbocycles. The summed E-state index contributed by atoms with van der Waals surface area (Å²) in [6.45, 7) is 1.13. The minimum atomic E-state index is 0.00460. The molecule has 3 heterocycles. The zero-order valence-corrected chi connectivity index (χ0v) is 11.4. The minimum Gasteiger partial charge on any atom is -0.375 e. The topological polar surface area (TPSA) is 75.0 Å². The van der Waals surface area contributed by atoms with Gasteiger partial charge in [0, 0.05) is 10.9 Å². The van der Waals surface area contributed by atoms with Crippen LogP contribution >= 0.6 is 11.3 Å².